The molecule has 0 bridgehead atoms. The molecule has 0 spiro atoms. The number of aryl methyl sites for hydroxylation is 1. The Kier molecular flexibility index (Phi) is 5.43. The van der Waals surface area contributed by atoms with Crippen LogP contribution in [0.4, 0.5) is 11.6 Å². The molecular formula is C15H21N3O2. The van der Waals surface area contributed by atoms with Gasteiger partial charge in [0.05, 0.1) is 12.3 Å². The predicted octanol–water partition coefficient (Wildman–Crippen LogP) is 3.06. The first-order valence-electron chi connectivity index (χ1n) is 6.84. The van der Waals surface area contributed by atoms with E-state index in [4.69, 9.17) is 9.47 Å². The van der Waals surface area contributed by atoms with Crippen LogP contribution >= 0.6 is 0 Å². The van der Waals surface area contributed by atoms with Crippen LogP contribution in [0.3, 0.4) is 0 Å². The molecule has 5 nitrogen and oxygen atoms in total. The van der Waals surface area contributed by atoms with Crippen LogP contribution < -0.4 is 10.1 Å². The smallest absolute Gasteiger partial charge is 0.207 e. The third-order valence-corrected chi connectivity index (χ3v) is 2.90. The van der Waals surface area contributed by atoms with Gasteiger partial charge in [-0.05, 0) is 25.5 Å². The molecule has 1 aromatic heterocycles. The first-order chi connectivity index (χ1) is 9.85. The van der Waals surface area contributed by atoms with E-state index in [0.29, 0.717) is 6.61 Å². The molecule has 0 amide bonds. The third-order valence-electron chi connectivity index (χ3n) is 2.90. The Morgan fingerprint density at radius 1 is 1.30 bits per heavy atom. The van der Waals surface area contributed by atoms with Gasteiger partial charge in [-0.25, -0.2) is 4.98 Å². The Balaban J connectivity index is 2.08. The topological polar surface area (TPSA) is 48.3 Å². The highest BCUT2D eigenvalue weighted by atomic mass is 16.5. The molecule has 20 heavy (non-hydrogen) atoms. The fraction of sp³-hybridized carbons (Fsp3) is 0.400. The average Bonchev–Trinajstić information content (AvgIpc) is 2.89. The Morgan fingerprint density at radius 2 is 2.15 bits per heavy atom. The van der Waals surface area contributed by atoms with Gasteiger partial charge in [-0.3, -0.25) is 0 Å². The number of imidazole rings is 1. The normalized spacial score (nSPS) is 10.5. The summed E-state index contributed by atoms with van der Waals surface area (Å²) in [6, 6.07) is 7.87. The minimum Gasteiger partial charge on any atom is -0.492 e. The van der Waals surface area contributed by atoms with E-state index >= 15 is 0 Å². The Morgan fingerprint density at radius 3 is 2.95 bits per heavy atom. The zero-order valence-corrected chi connectivity index (χ0v) is 12.0. The SMILES string of the molecule is CCOc1ccccc1Nc1nccn1CCCOC. The molecule has 0 fully saturated rings. The fourth-order valence-electron chi connectivity index (χ4n) is 1.96. The molecule has 0 aliphatic carbocycles. The van der Waals surface area contributed by atoms with E-state index in [1.807, 2.05) is 37.4 Å². The lowest BCUT2D eigenvalue weighted by Gasteiger charge is -2.13. The van der Waals surface area contributed by atoms with Gasteiger partial charge < -0.3 is 19.4 Å². The zero-order valence-electron chi connectivity index (χ0n) is 12.0. The van der Waals surface area contributed by atoms with Gasteiger partial charge in [0.25, 0.3) is 0 Å². The molecule has 0 saturated carbocycles. The molecular weight excluding hydrogens is 254 g/mol. The Labute approximate surface area is 119 Å². The largest absolute Gasteiger partial charge is 0.492 e. The minimum absolute atomic E-state index is 0.640. The highest BCUT2D eigenvalue weighted by molar-refractivity contribution is 5.62. The summed E-state index contributed by atoms with van der Waals surface area (Å²) >= 11 is 0. The highest BCUT2D eigenvalue weighted by Crippen LogP contribution is 2.26. The van der Waals surface area contributed by atoms with E-state index in [9.17, 15) is 0 Å². The molecule has 108 valence electrons. The minimum atomic E-state index is 0.640. The van der Waals surface area contributed by atoms with Crippen molar-refractivity contribution < 1.29 is 9.47 Å². The van der Waals surface area contributed by atoms with Gasteiger partial charge >= 0.3 is 0 Å². The van der Waals surface area contributed by atoms with Crippen LogP contribution in [0.15, 0.2) is 36.7 Å². The fourth-order valence-corrected chi connectivity index (χ4v) is 1.96. The van der Waals surface area contributed by atoms with Gasteiger partial charge in [0.15, 0.2) is 0 Å². The molecule has 2 aromatic rings. The van der Waals surface area contributed by atoms with Crippen molar-refractivity contribution >= 4 is 11.6 Å². The van der Waals surface area contributed by atoms with Crippen molar-refractivity contribution in [2.24, 2.45) is 0 Å². The van der Waals surface area contributed by atoms with E-state index in [-0.39, 0.29) is 0 Å². The number of hydrogen-bond acceptors (Lipinski definition) is 4. The molecule has 2 rings (SSSR count). The molecule has 0 unspecified atom stereocenters. The second kappa shape index (κ2) is 7.55. The van der Waals surface area contributed by atoms with Crippen LogP contribution in [-0.4, -0.2) is 29.9 Å². The van der Waals surface area contributed by atoms with Crippen LogP contribution in [0.1, 0.15) is 13.3 Å². The number of methoxy groups -OCH3 is 1. The number of para-hydroxylation sites is 2. The maximum absolute atomic E-state index is 5.60. The number of aromatic nitrogens is 2. The molecule has 5 heteroatoms. The third kappa shape index (κ3) is 3.74. The molecule has 0 aliphatic heterocycles. The summed E-state index contributed by atoms with van der Waals surface area (Å²) in [6.07, 6.45) is 4.70. The molecule has 0 saturated heterocycles. The molecule has 0 aliphatic rings. The summed E-state index contributed by atoms with van der Waals surface area (Å²) < 4.78 is 12.8. The van der Waals surface area contributed by atoms with Crippen molar-refractivity contribution in [2.45, 2.75) is 19.9 Å². The summed E-state index contributed by atoms with van der Waals surface area (Å²) in [7, 11) is 1.71. The summed E-state index contributed by atoms with van der Waals surface area (Å²) in [4.78, 5) is 4.35. The van der Waals surface area contributed by atoms with Crippen molar-refractivity contribution in [3.63, 3.8) is 0 Å². The molecule has 1 heterocycles. The molecule has 1 aromatic carbocycles. The predicted molar refractivity (Wildman–Crippen MR) is 79.6 cm³/mol. The maximum atomic E-state index is 5.60. The second-order valence-corrected chi connectivity index (χ2v) is 4.34. The van der Waals surface area contributed by atoms with Gasteiger partial charge in [-0.15, -0.1) is 0 Å². The summed E-state index contributed by atoms with van der Waals surface area (Å²) in [6.45, 7) is 4.23. The van der Waals surface area contributed by atoms with E-state index in [1.165, 1.54) is 0 Å². The van der Waals surface area contributed by atoms with E-state index in [1.54, 1.807) is 13.3 Å². The summed E-state index contributed by atoms with van der Waals surface area (Å²) in [5.41, 5.74) is 0.925. The van der Waals surface area contributed by atoms with E-state index in [2.05, 4.69) is 14.9 Å². The van der Waals surface area contributed by atoms with Crippen molar-refractivity contribution in [2.75, 3.05) is 25.6 Å². The lowest BCUT2D eigenvalue weighted by Crippen LogP contribution is -2.06. The lowest BCUT2D eigenvalue weighted by atomic mass is 10.3. The molecule has 0 radical (unpaired) electrons. The van der Waals surface area contributed by atoms with Crippen molar-refractivity contribution in [3.8, 4) is 5.75 Å². The van der Waals surface area contributed by atoms with Crippen LogP contribution in [0, 0.1) is 0 Å². The van der Waals surface area contributed by atoms with E-state index < -0.39 is 0 Å². The van der Waals surface area contributed by atoms with Gasteiger partial charge in [0, 0.05) is 32.7 Å². The summed E-state index contributed by atoms with van der Waals surface area (Å²) in [5.74, 6) is 1.65. The van der Waals surface area contributed by atoms with Crippen LogP contribution in [0.5, 0.6) is 5.75 Å². The number of ether oxygens (including phenoxy) is 2. The Hall–Kier alpha value is -2.01. The number of rotatable bonds is 8. The number of anilines is 2. The standard InChI is InChI=1S/C15H21N3O2/c1-3-20-14-8-5-4-7-13(14)17-15-16-9-11-18(15)10-6-12-19-2/h4-5,7-9,11H,3,6,10,12H2,1-2H3,(H,16,17). The maximum Gasteiger partial charge on any atom is 0.207 e. The van der Waals surface area contributed by atoms with Gasteiger partial charge in [-0.2, -0.15) is 0 Å². The second-order valence-electron chi connectivity index (χ2n) is 4.34. The monoisotopic (exact) mass is 275 g/mol. The summed E-state index contributed by atoms with van der Waals surface area (Å²) in [5, 5.41) is 3.32. The van der Waals surface area contributed by atoms with Crippen LogP contribution in [0.2, 0.25) is 0 Å². The van der Waals surface area contributed by atoms with Crippen molar-refractivity contribution in [3.05, 3.63) is 36.7 Å². The van der Waals surface area contributed by atoms with Crippen LogP contribution in [0.25, 0.3) is 0 Å². The molecule has 1 N–H and O–H groups in total. The zero-order chi connectivity index (χ0) is 14.2. The quantitative estimate of drug-likeness (QED) is 0.752. The highest BCUT2D eigenvalue weighted by Gasteiger charge is 2.07. The number of nitrogens with one attached hydrogen (secondary N) is 1. The van der Waals surface area contributed by atoms with Gasteiger partial charge in [0.2, 0.25) is 5.95 Å². The lowest BCUT2D eigenvalue weighted by molar-refractivity contribution is 0.190. The Bertz CT molecular complexity index is 525. The molecule has 0 atom stereocenters. The van der Waals surface area contributed by atoms with Gasteiger partial charge in [0.1, 0.15) is 5.75 Å². The first-order valence-corrected chi connectivity index (χ1v) is 6.84. The van der Waals surface area contributed by atoms with Crippen molar-refractivity contribution in [1.82, 2.24) is 9.55 Å². The number of hydrogen-bond donors (Lipinski definition) is 1. The van der Waals surface area contributed by atoms with Gasteiger partial charge in [-0.1, -0.05) is 12.1 Å². The number of nitrogens with zero attached hydrogens (tertiary/aromatic N) is 2. The average molecular weight is 275 g/mol. The first kappa shape index (κ1) is 14.4. The van der Waals surface area contributed by atoms with E-state index in [0.717, 1.165) is 37.0 Å². The van der Waals surface area contributed by atoms with Crippen LogP contribution in [-0.2, 0) is 11.3 Å². The number of benzene rings is 1. The van der Waals surface area contributed by atoms with Crippen molar-refractivity contribution in [1.29, 1.82) is 0 Å².